The van der Waals surface area contributed by atoms with E-state index in [0.717, 1.165) is 0 Å². The van der Waals surface area contributed by atoms with E-state index >= 15 is 0 Å². The Labute approximate surface area is 92.5 Å². The lowest BCUT2D eigenvalue weighted by molar-refractivity contribution is 1.71. The van der Waals surface area contributed by atoms with Gasteiger partial charge in [0.15, 0.2) is 0 Å². The molecule has 0 unspecified atom stereocenters. The fourth-order valence-corrected chi connectivity index (χ4v) is 0.896. The van der Waals surface area contributed by atoms with Crippen molar-refractivity contribution in [3.05, 3.63) is 34.3 Å². The highest BCUT2D eigenvalue weighted by Gasteiger charge is 1.84. The van der Waals surface area contributed by atoms with Gasteiger partial charge in [-0.2, -0.15) is 0 Å². The number of rotatable bonds is 0. The summed E-state index contributed by atoms with van der Waals surface area (Å²) in [6.07, 6.45) is 0. The third-order valence-electron chi connectivity index (χ3n) is 0.787. The molecule has 1 rings (SSSR count). The van der Waals surface area contributed by atoms with Crippen LogP contribution >= 0.6 is 35.6 Å². The Morgan fingerprint density at radius 3 is 1.60 bits per heavy atom. The van der Waals surface area contributed by atoms with Gasteiger partial charge in [-0.05, 0) is 18.2 Å². The molecule has 0 amide bonds. The molecule has 0 aliphatic rings. The van der Waals surface area contributed by atoms with Crippen molar-refractivity contribution in [1.82, 2.24) is 0 Å². The fourth-order valence-electron chi connectivity index (χ4n) is 0.460. The topological polar surface area (TPSA) is 0 Å². The van der Waals surface area contributed by atoms with Crippen LogP contribution in [-0.2, 0) is 0 Å². The van der Waals surface area contributed by atoms with Gasteiger partial charge in [-0.25, -0.2) is 0 Å². The summed E-state index contributed by atoms with van der Waals surface area (Å²) in [6, 6.07) is 7.08. The van der Waals surface area contributed by atoms with Crippen molar-refractivity contribution in [2.45, 2.75) is 0 Å². The Balaban J connectivity index is 0. The van der Waals surface area contributed by atoms with Gasteiger partial charge in [0.05, 0.1) is 0 Å². The molecule has 0 nitrogen and oxygen atoms in total. The maximum atomic E-state index is 5.56. The maximum absolute atomic E-state index is 5.56. The highest BCUT2D eigenvalue weighted by Crippen LogP contribution is 2.13. The second kappa shape index (κ2) is 6.56. The van der Waals surface area contributed by atoms with Crippen molar-refractivity contribution in [1.29, 1.82) is 0 Å². The molecular formula is C6H7Cl3Mg. The molecule has 1 aromatic carbocycles. The average Bonchev–Trinajstić information content (AvgIpc) is 1.64. The lowest BCUT2D eigenvalue weighted by Crippen LogP contribution is -1.61. The quantitative estimate of drug-likeness (QED) is 0.576. The van der Waals surface area contributed by atoms with Gasteiger partial charge in [0, 0.05) is 10.0 Å². The SMILES string of the molecule is Cl.Clc1cccc(Cl)c1.[MgH2]. The molecule has 0 atom stereocenters. The molecule has 0 N–H and O–H groups in total. The van der Waals surface area contributed by atoms with Crippen LogP contribution in [0.2, 0.25) is 10.0 Å². The Kier molecular flexibility index (Phi) is 8.82. The van der Waals surface area contributed by atoms with Crippen LogP contribution in [0.4, 0.5) is 0 Å². The van der Waals surface area contributed by atoms with Gasteiger partial charge in [0.25, 0.3) is 0 Å². The Bertz CT molecular complexity index is 173. The summed E-state index contributed by atoms with van der Waals surface area (Å²) in [6.45, 7) is 0. The Morgan fingerprint density at radius 1 is 1.00 bits per heavy atom. The summed E-state index contributed by atoms with van der Waals surface area (Å²) in [5, 5.41) is 1.36. The monoisotopic (exact) mass is 208 g/mol. The van der Waals surface area contributed by atoms with Crippen LogP contribution in [0.3, 0.4) is 0 Å². The van der Waals surface area contributed by atoms with E-state index in [1.165, 1.54) is 0 Å². The standard InChI is InChI=1S/C6H4Cl2.ClH.Mg.2H/c7-5-2-1-3-6(8)4-5;;;;/h1-4H;1H;;;. The highest BCUT2D eigenvalue weighted by atomic mass is 35.5. The van der Waals surface area contributed by atoms with Crippen molar-refractivity contribution in [3.8, 4) is 0 Å². The van der Waals surface area contributed by atoms with Crippen LogP contribution in [0.1, 0.15) is 0 Å². The minimum absolute atomic E-state index is 0. The van der Waals surface area contributed by atoms with Crippen LogP contribution in [0.15, 0.2) is 24.3 Å². The van der Waals surface area contributed by atoms with Crippen molar-refractivity contribution < 1.29 is 0 Å². The number of halogens is 3. The van der Waals surface area contributed by atoms with E-state index in [1.54, 1.807) is 18.2 Å². The summed E-state index contributed by atoms with van der Waals surface area (Å²) in [7, 11) is 0. The lowest BCUT2D eigenvalue weighted by Gasteiger charge is -1.86. The predicted octanol–water partition coefficient (Wildman–Crippen LogP) is 2.50. The largest absolute Gasteiger partial charge is 0.316 e. The minimum atomic E-state index is 0. The van der Waals surface area contributed by atoms with E-state index in [0.29, 0.717) is 10.0 Å². The molecule has 0 heterocycles. The Morgan fingerprint density at radius 2 is 1.40 bits per heavy atom. The molecule has 10 heavy (non-hydrogen) atoms. The van der Waals surface area contributed by atoms with Crippen LogP contribution in [0.25, 0.3) is 0 Å². The second-order valence-electron chi connectivity index (χ2n) is 1.44. The van der Waals surface area contributed by atoms with Crippen molar-refractivity contribution in [3.63, 3.8) is 0 Å². The zero-order chi connectivity index (χ0) is 5.98. The first-order chi connectivity index (χ1) is 3.79. The molecule has 1 aromatic rings. The normalized spacial score (nSPS) is 7.40. The molecule has 0 saturated heterocycles. The van der Waals surface area contributed by atoms with Gasteiger partial charge in [-0.1, -0.05) is 29.3 Å². The number of hydrogen-bond acceptors (Lipinski definition) is 0. The third kappa shape index (κ3) is 4.64. The highest BCUT2D eigenvalue weighted by molar-refractivity contribution is 6.34. The van der Waals surface area contributed by atoms with Crippen molar-refractivity contribution >= 4 is 58.7 Å². The smallest absolute Gasteiger partial charge is 0.147 e. The van der Waals surface area contributed by atoms with E-state index in [9.17, 15) is 0 Å². The van der Waals surface area contributed by atoms with Crippen LogP contribution in [-0.4, -0.2) is 23.1 Å². The summed E-state index contributed by atoms with van der Waals surface area (Å²) < 4.78 is 0. The van der Waals surface area contributed by atoms with E-state index in [-0.39, 0.29) is 35.5 Å². The maximum Gasteiger partial charge on any atom is 0.316 e. The summed E-state index contributed by atoms with van der Waals surface area (Å²) in [4.78, 5) is 0. The fraction of sp³-hybridized carbons (Fsp3) is 0. The van der Waals surface area contributed by atoms with E-state index in [4.69, 9.17) is 23.2 Å². The van der Waals surface area contributed by atoms with E-state index < -0.39 is 0 Å². The van der Waals surface area contributed by atoms with Crippen molar-refractivity contribution in [2.24, 2.45) is 0 Å². The third-order valence-corrected chi connectivity index (χ3v) is 1.26. The average molecular weight is 210 g/mol. The molecule has 0 aliphatic heterocycles. The van der Waals surface area contributed by atoms with Gasteiger partial charge in [0.2, 0.25) is 0 Å². The Hall–Kier alpha value is 0.856. The van der Waals surface area contributed by atoms with Crippen LogP contribution < -0.4 is 0 Å². The molecule has 0 spiro atoms. The summed E-state index contributed by atoms with van der Waals surface area (Å²) in [5.41, 5.74) is 0. The second-order valence-corrected chi connectivity index (χ2v) is 2.31. The molecule has 0 aromatic heterocycles. The zero-order valence-corrected chi connectivity index (χ0v) is 6.80. The first-order valence-electron chi connectivity index (χ1n) is 2.20. The van der Waals surface area contributed by atoms with E-state index in [2.05, 4.69) is 0 Å². The summed E-state index contributed by atoms with van der Waals surface area (Å²) in [5.74, 6) is 0. The van der Waals surface area contributed by atoms with Gasteiger partial charge in [-0.15, -0.1) is 12.4 Å². The van der Waals surface area contributed by atoms with E-state index in [1.807, 2.05) is 6.07 Å². The first-order valence-corrected chi connectivity index (χ1v) is 2.96. The van der Waals surface area contributed by atoms with Gasteiger partial charge in [0.1, 0.15) is 0 Å². The minimum Gasteiger partial charge on any atom is -0.147 e. The van der Waals surface area contributed by atoms with Crippen molar-refractivity contribution in [2.75, 3.05) is 0 Å². The number of hydrogen-bond donors (Lipinski definition) is 0. The molecular weight excluding hydrogens is 203 g/mol. The van der Waals surface area contributed by atoms with Gasteiger partial charge >= 0.3 is 23.1 Å². The lowest BCUT2D eigenvalue weighted by atomic mass is 10.4. The molecule has 0 bridgehead atoms. The van der Waals surface area contributed by atoms with Gasteiger partial charge < -0.3 is 0 Å². The van der Waals surface area contributed by atoms with Crippen LogP contribution in [0, 0.1) is 0 Å². The zero-order valence-electron chi connectivity index (χ0n) is 4.47. The molecule has 0 saturated carbocycles. The molecule has 54 valence electrons. The molecule has 0 aliphatic carbocycles. The van der Waals surface area contributed by atoms with Crippen LogP contribution in [0.5, 0.6) is 0 Å². The first kappa shape index (κ1) is 13.4. The summed E-state index contributed by atoms with van der Waals surface area (Å²) >= 11 is 11.1. The molecule has 0 radical (unpaired) electrons. The number of benzene rings is 1. The molecule has 0 fully saturated rings. The van der Waals surface area contributed by atoms with Gasteiger partial charge in [-0.3, -0.25) is 0 Å². The predicted molar refractivity (Wildman–Crippen MR) is 52.3 cm³/mol. The molecule has 4 heteroatoms.